The maximum Gasteiger partial charge on any atom is 0.407 e. The number of piperazine rings is 1. The number of carbonyl (C=O) groups excluding carboxylic acids is 2. The lowest BCUT2D eigenvalue weighted by molar-refractivity contribution is -0.141. The third-order valence-electron chi connectivity index (χ3n) is 15.9. The van der Waals surface area contributed by atoms with Crippen molar-refractivity contribution in [2.24, 2.45) is 5.92 Å². The molecule has 81 heavy (non-hydrogen) atoms. The zero-order valence-corrected chi connectivity index (χ0v) is 47.3. The lowest BCUT2D eigenvalue weighted by Crippen LogP contribution is -2.55. The predicted molar refractivity (Wildman–Crippen MR) is 303 cm³/mol. The molecule has 3 aromatic heterocycles. The number of nitrogens with one attached hydrogen (secondary N) is 1. The van der Waals surface area contributed by atoms with Crippen molar-refractivity contribution in [2.45, 2.75) is 103 Å². The normalized spacial score (nSPS) is 20.6. The number of rotatable bonds is 21. The lowest BCUT2D eigenvalue weighted by Gasteiger charge is -2.41. The number of carboxylic acid groups (broad SMARTS) is 1. The number of likely N-dealkylation sites (tertiary alicyclic amines) is 2. The average molecular weight is 1130 g/mol. The molecule has 0 bridgehead atoms. The number of aliphatic hydroxyl groups is 1. The molecule has 0 spiro atoms. The second-order valence-corrected chi connectivity index (χ2v) is 22.6. The number of amides is 3. The van der Waals surface area contributed by atoms with Gasteiger partial charge in [-0.25, -0.2) is 9.78 Å². The number of thiazole rings is 1. The van der Waals surface area contributed by atoms with Crippen molar-refractivity contribution in [1.82, 2.24) is 40.1 Å². The van der Waals surface area contributed by atoms with Gasteiger partial charge in [-0.1, -0.05) is 67.5 Å². The minimum Gasteiger partial charge on any atom is -0.491 e. The van der Waals surface area contributed by atoms with Gasteiger partial charge in [-0.3, -0.25) is 14.5 Å². The Morgan fingerprint density at radius 2 is 1.74 bits per heavy atom. The summed E-state index contributed by atoms with van der Waals surface area (Å²) in [7, 11) is 2.05. The van der Waals surface area contributed by atoms with Gasteiger partial charge >= 0.3 is 12.1 Å². The standard InChI is InChI=1S/C59H71N11O10S/c1-36(2)53(52-25-37(3)65-80-52)57(73)70-31-44(71)28-50(70)56(72)61-29-41-14-13-40(54-38(4)62-35-81-54)26-51(41)78-24-22-76-21-23-77-45-27-43(66(5)32-45)34-79-58-63-48-33-67(49-12-8-10-39-9-6-7-11-46(39)49)18-16-47(48)55(64-58)68-19-20-69(59(74)75)42(30-68)15-17-60/h6-14,25-26,35-36,42-45,50,53,71H,15-16,18-24,27-34H2,1-5H3,(H,61,72)(H,74,75)/t42-,43-,44+,45+,50-,53-/m0/s1. The molecule has 428 valence electrons. The van der Waals surface area contributed by atoms with Crippen LogP contribution in [0.25, 0.3) is 21.2 Å². The number of fused-ring (bicyclic) bond motifs is 2. The number of aryl methyl sites for hydroxylation is 2. The summed E-state index contributed by atoms with van der Waals surface area (Å²) in [6.45, 7) is 12.3. The molecular formula is C59H71N11O10S. The highest BCUT2D eigenvalue weighted by atomic mass is 32.1. The number of benzene rings is 3. The highest BCUT2D eigenvalue weighted by Gasteiger charge is 2.43. The van der Waals surface area contributed by atoms with Crippen LogP contribution in [0.3, 0.4) is 0 Å². The van der Waals surface area contributed by atoms with Crippen LogP contribution in [0.2, 0.25) is 0 Å². The van der Waals surface area contributed by atoms with Crippen molar-refractivity contribution in [2.75, 3.05) is 89.2 Å². The van der Waals surface area contributed by atoms with Crippen molar-refractivity contribution in [1.29, 1.82) is 5.26 Å². The molecule has 3 aromatic carbocycles. The van der Waals surface area contributed by atoms with E-state index >= 15 is 0 Å². The van der Waals surface area contributed by atoms with Gasteiger partial charge in [0.2, 0.25) is 11.8 Å². The van der Waals surface area contributed by atoms with Gasteiger partial charge in [-0.2, -0.15) is 15.2 Å². The topological polar surface area (TPSA) is 245 Å². The van der Waals surface area contributed by atoms with Gasteiger partial charge in [-0.15, -0.1) is 11.3 Å². The maximum absolute atomic E-state index is 14.0. The molecule has 6 aromatic rings. The number of ether oxygens (including phenoxy) is 4. The van der Waals surface area contributed by atoms with E-state index in [2.05, 4.69) is 72.6 Å². The molecular weight excluding hydrogens is 1050 g/mol. The van der Waals surface area contributed by atoms with Gasteiger partial charge in [0.05, 0.1) is 84.6 Å². The van der Waals surface area contributed by atoms with E-state index in [1.54, 1.807) is 18.5 Å². The number of nitrogens with zero attached hydrogens (tertiary/aromatic N) is 10. The number of aliphatic hydroxyl groups excluding tert-OH is 1. The van der Waals surface area contributed by atoms with Gasteiger partial charge in [0.25, 0.3) is 0 Å². The van der Waals surface area contributed by atoms with Crippen LogP contribution in [0.1, 0.15) is 73.0 Å². The highest BCUT2D eigenvalue weighted by Crippen LogP contribution is 2.37. The Morgan fingerprint density at radius 1 is 0.914 bits per heavy atom. The maximum atomic E-state index is 14.0. The van der Waals surface area contributed by atoms with Gasteiger partial charge in [0.1, 0.15) is 42.5 Å². The minimum absolute atomic E-state index is 0.0279. The minimum atomic E-state index is -1.03. The first-order valence-corrected chi connectivity index (χ1v) is 28.7. The third-order valence-corrected chi connectivity index (χ3v) is 16.9. The van der Waals surface area contributed by atoms with E-state index in [4.69, 9.17) is 33.4 Å². The Labute approximate surface area is 475 Å². The molecule has 0 aliphatic carbocycles. The molecule has 3 N–H and O–H groups in total. The van der Waals surface area contributed by atoms with Crippen LogP contribution < -0.4 is 24.6 Å². The van der Waals surface area contributed by atoms with Crippen molar-refractivity contribution < 1.29 is 48.1 Å². The fraction of sp³-hybridized carbons (Fsp3) is 0.492. The molecule has 3 amide bonds. The number of hydrogen-bond donors (Lipinski definition) is 3. The number of anilines is 2. The van der Waals surface area contributed by atoms with Crippen LogP contribution in [0.4, 0.5) is 16.3 Å². The zero-order valence-electron chi connectivity index (χ0n) is 46.5. The number of β-amino-alcohol motifs (C(OH)–C–C–N with tert-alkyl or cyclic N) is 1. The van der Waals surface area contributed by atoms with E-state index in [-0.39, 0.29) is 81.6 Å². The van der Waals surface area contributed by atoms with Crippen molar-refractivity contribution in [3.05, 3.63) is 106 Å². The van der Waals surface area contributed by atoms with E-state index in [0.29, 0.717) is 69.6 Å². The smallest absolute Gasteiger partial charge is 0.407 e. The van der Waals surface area contributed by atoms with E-state index < -0.39 is 30.2 Å². The van der Waals surface area contributed by atoms with Crippen LogP contribution in [0, 0.1) is 31.1 Å². The fourth-order valence-corrected chi connectivity index (χ4v) is 12.5. The second kappa shape index (κ2) is 25.6. The number of hydrogen-bond acceptors (Lipinski definition) is 18. The van der Waals surface area contributed by atoms with Crippen molar-refractivity contribution in [3.63, 3.8) is 0 Å². The van der Waals surface area contributed by atoms with E-state index in [9.17, 15) is 29.9 Å². The summed E-state index contributed by atoms with van der Waals surface area (Å²) in [6.07, 6.45) is -0.326. The van der Waals surface area contributed by atoms with Gasteiger partial charge in [-0.05, 0) is 62.7 Å². The van der Waals surface area contributed by atoms with Crippen molar-refractivity contribution >= 4 is 51.5 Å². The lowest BCUT2D eigenvalue weighted by atomic mass is 9.91. The largest absolute Gasteiger partial charge is 0.491 e. The number of likely N-dealkylation sites (N-methyl/N-ethyl adjacent to an activating group) is 1. The van der Waals surface area contributed by atoms with Gasteiger partial charge in [0.15, 0.2) is 0 Å². The monoisotopic (exact) mass is 1130 g/mol. The molecule has 6 atom stereocenters. The van der Waals surface area contributed by atoms with Crippen LogP contribution in [-0.2, 0) is 38.6 Å². The summed E-state index contributed by atoms with van der Waals surface area (Å²) < 4.78 is 30.7. The fourth-order valence-electron chi connectivity index (χ4n) is 11.7. The summed E-state index contributed by atoms with van der Waals surface area (Å²) in [6, 6.07) is 23.4. The molecule has 0 unspecified atom stereocenters. The summed E-state index contributed by atoms with van der Waals surface area (Å²) in [5, 5.41) is 39.6. The second-order valence-electron chi connectivity index (χ2n) is 21.8. The molecule has 0 radical (unpaired) electrons. The third kappa shape index (κ3) is 13.0. The summed E-state index contributed by atoms with van der Waals surface area (Å²) in [5.74, 6) is 0.283. The predicted octanol–water partition coefficient (Wildman–Crippen LogP) is 6.58. The molecule has 3 saturated heterocycles. The van der Waals surface area contributed by atoms with Crippen LogP contribution in [0.15, 0.2) is 76.8 Å². The van der Waals surface area contributed by atoms with Crippen LogP contribution in [-0.4, -0.2) is 173 Å². The molecule has 7 heterocycles. The Hall–Kier alpha value is -7.42. The Kier molecular flexibility index (Phi) is 17.9. The van der Waals surface area contributed by atoms with Crippen LogP contribution >= 0.6 is 11.3 Å². The number of aromatic nitrogens is 4. The number of carbonyl (C=O) groups is 3. The summed E-state index contributed by atoms with van der Waals surface area (Å²) in [4.78, 5) is 65.0. The molecule has 4 aliphatic rings. The molecule has 10 rings (SSSR count). The Morgan fingerprint density at radius 3 is 2.52 bits per heavy atom. The van der Waals surface area contributed by atoms with E-state index in [0.717, 1.165) is 62.8 Å². The Bertz CT molecular complexity index is 3230. The van der Waals surface area contributed by atoms with E-state index in [1.807, 2.05) is 52.1 Å². The van der Waals surface area contributed by atoms with Crippen LogP contribution in [0.5, 0.6) is 11.8 Å². The first-order chi connectivity index (χ1) is 39.2. The molecule has 21 nitrogen and oxygen atoms in total. The Balaban J connectivity index is 0.728. The molecule has 0 saturated carbocycles. The number of nitriles is 1. The first kappa shape index (κ1) is 56.8. The summed E-state index contributed by atoms with van der Waals surface area (Å²) in [5.41, 5.74) is 8.03. The molecule has 22 heteroatoms. The van der Waals surface area contributed by atoms with E-state index in [1.165, 1.54) is 26.5 Å². The first-order valence-electron chi connectivity index (χ1n) is 27.8. The quantitative estimate of drug-likeness (QED) is 0.0644. The zero-order chi connectivity index (χ0) is 56.7. The summed E-state index contributed by atoms with van der Waals surface area (Å²) >= 11 is 1.53. The molecule has 3 fully saturated rings. The highest BCUT2D eigenvalue weighted by molar-refractivity contribution is 7.13. The van der Waals surface area contributed by atoms with Gasteiger partial charge < -0.3 is 58.6 Å². The molecule has 4 aliphatic heterocycles. The van der Waals surface area contributed by atoms with Gasteiger partial charge in [0, 0.05) is 86.5 Å². The van der Waals surface area contributed by atoms with Crippen molar-refractivity contribution in [3.8, 4) is 28.3 Å². The SMILES string of the molecule is Cc1cc([C@@H](C(=O)N2C[C@H](O)C[C@H]2C(=O)NCc2ccc(-c3scnc3C)cc2OCCOCCO[C@@H]2C[C@@H](COc3nc4c(c(N5CCN(C(=O)O)[C@@H](CC#N)C5)n3)CCN(c3cccc5ccccc35)C4)N(C)C2)C(C)C)on1. The average Bonchev–Trinajstić information content (AvgIpc) is 4.35.